The van der Waals surface area contributed by atoms with Crippen molar-refractivity contribution < 1.29 is 0 Å². The second-order valence-corrected chi connectivity index (χ2v) is 11.5. The van der Waals surface area contributed by atoms with E-state index in [1.165, 1.54) is 54.9 Å². The van der Waals surface area contributed by atoms with Crippen molar-refractivity contribution in [2.45, 2.75) is 117 Å². The van der Waals surface area contributed by atoms with Crippen LogP contribution in [-0.4, -0.2) is 45.3 Å². The van der Waals surface area contributed by atoms with Crippen LogP contribution in [0, 0.1) is 0 Å². The van der Waals surface area contributed by atoms with Crippen molar-refractivity contribution >= 4 is 27.0 Å². The molecule has 2 aliphatic rings. The van der Waals surface area contributed by atoms with Crippen molar-refractivity contribution in [2.75, 3.05) is 14.1 Å². The van der Waals surface area contributed by atoms with Crippen LogP contribution in [0.3, 0.4) is 0 Å². The summed E-state index contributed by atoms with van der Waals surface area (Å²) in [7, 11) is 7.81. The average molecular weight is 449 g/mol. The smallest absolute Gasteiger partial charge is 0.0979 e. The van der Waals surface area contributed by atoms with Crippen molar-refractivity contribution in [2.24, 2.45) is 0 Å². The molecule has 2 unspecified atom stereocenters. The minimum atomic E-state index is 0.109. The molecule has 0 saturated heterocycles. The number of hydrazine groups is 1. The maximum atomic E-state index is 2.67. The fourth-order valence-corrected chi connectivity index (χ4v) is 9.83. The molecular weight excluding hydrogens is 402 g/mol. The topological polar surface area (TPSA) is 6.48 Å². The van der Waals surface area contributed by atoms with Gasteiger partial charge in [0.25, 0.3) is 0 Å². The van der Waals surface area contributed by atoms with E-state index in [1.54, 1.807) is 32.9 Å². The van der Waals surface area contributed by atoms with E-state index in [1.807, 2.05) is 0 Å². The van der Waals surface area contributed by atoms with Gasteiger partial charge in [-0.3, -0.25) is 0 Å². The zero-order valence-corrected chi connectivity index (χ0v) is 23.2. The summed E-state index contributed by atoms with van der Waals surface area (Å²) in [5.74, 6) is 0. The Morgan fingerprint density at radius 2 is 0.867 bits per heavy atom. The minimum absolute atomic E-state index is 0.109. The Kier molecular flexibility index (Phi) is 9.16. The molecule has 0 N–H and O–H groups in total. The monoisotopic (exact) mass is 448 g/mol. The second kappa shape index (κ2) is 10.6. The van der Waals surface area contributed by atoms with E-state index in [0.717, 1.165) is 12.8 Å². The van der Waals surface area contributed by atoms with Crippen molar-refractivity contribution in [1.82, 2.24) is 10.0 Å². The van der Waals surface area contributed by atoms with Gasteiger partial charge in [0.15, 0.2) is 0 Å². The molecular formula is C26H46N2P2. The maximum Gasteiger partial charge on any atom is 0.0979 e. The molecule has 4 heteroatoms. The molecule has 2 nitrogen and oxygen atoms in total. The lowest BCUT2D eigenvalue weighted by atomic mass is 9.90. The summed E-state index contributed by atoms with van der Waals surface area (Å²) in [6, 6.07) is 0. The van der Waals surface area contributed by atoms with Crippen molar-refractivity contribution in [3.63, 3.8) is 0 Å². The van der Waals surface area contributed by atoms with Crippen LogP contribution in [0.4, 0.5) is 0 Å². The fraction of sp³-hybridized carbons (Fsp3) is 0.769. The van der Waals surface area contributed by atoms with E-state index in [0.29, 0.717) is 0 Å². The molecule has 2 heterocycles. The van der Waals surface area contributed by atoms with E-state index < -0.39 is 0 Å². The molecule has 0 aliphatic carbocycles. The van der Waals surface area contributed by atoms with Crippen molar-refractivity contribution in [3.8, 4) is 0 Å². The highest BCUT2D eigenvalue weighted by Gasteiger charge is 2.49. The number of hydrogen-bond donors (Lipinski definition) is 0. The van der Waals surface area contributed by atoms with Gasteiger partial charge >= 0.3 is 0 Å². The van der Waals surface area contributed by atoms with Crippen molar-refractivity contribution in [1.29, 1.82) is 0 Å². The SMILES string of the molecule is CCC1=PC(CC)(N(C)N(C)C2(CC)P=C(CC)C(CC)=C2CC)C(CC)=C1CC. The lowest BCUT2D eigenvalue weighted by molar-refractivity contribution is -0.0571. The number of hydrogen-bond acceptors (Lipinski definition) is 2. The Balaban J connectivity index is 2.65. The molecule has 0 radical (unpaired) electrons. The van der Waals surface area contributed by atoms with Gasteiger partial charge in [0.05, 0.1) is 10.6 Å². The predicted molar refractivity (Wildman–Crippen MR) is 141 cm³/mol. The van der Waals surface area contributed by atoms with Gasteiger partial charge in [-0.15, -0.1) is 0 Å². The summed E-state index contributed by atoms with van der Waals surface area (Å²) in [5.41, 5.74) is 6.72. The number of rotatable bonds is 11. The third-order valence-corrected chi connectivity index (χ3v) is 11.8. The van der Waals surface area contributed by atoms with Gasteiger partial charge < -0.3 is 0 Å². The lowest BCUT2D eigenvalue weighted by Gasteiger charge is -2.51. The van der Waals surface area contributed by atoms with E-state index in [4.69, 9.17) is 0 Å². The summed E-state index contributed by atoms with van der Waals surface area (Å²) in [6.45, 7) is 18.9. The molecule has 2 atom stereocenters. The van der Waals surface area contributed by atoms with Crippen LogP contribution in [0.1, 0.15) is 107 Å². The summed E-state index contributed by atoms with van der Waals surface area (Å²) in [6.07, 6.45) is 9.35. The summed E-state index contributed by atoms with van der Waals surface area (Å²) in [4.78, 5) is 0. The zero-order chi connectivity index (χ0) is 22.7. The predicted octanol–water partition coefficient (Wildman–Crippen LogP) is 8.30. The first-order chi connectivity index (χ1) is 14.3. The molecule has 0 aromatic heterocycles. The second-order valence-electron chi connectivity index (χ2n) is 8.54. The van der Waals surface area contributed by atoms with Gasteiger partial charge in [-0.25, -0.2) is 10.0 Å². The molecule has 0 aromatic carbocycles. The van der Waals surface area contributed by atoms with Crippen LogP contribution in [0.15, 0.2) is 22.3 Å². The Morgan fingerprint density at radius 1 is 0.533 bits per heavy atom. The van der Waals surface area contributed by atoms with Crippen LogP contribution >= 0.6 is 16.4 Å². The van der Waals surface area contributed by atoms with Gasteiger partial charge in [0.1, 0.15) is 0 Å². The molecule has 0 amide bonds. The molecule has 0 aromatic rings. The summed E-state index contributed by atoms with van der Waals surface area (Å²) in [5, 5.41) is 8.91. The third kappa shape index (κ3) is 3.85. The molecule has 0 saturated carbocycles. The Bertz CT molecular complexity index is 697. The van der Waals surface area contributed by atoms with Crippen LogP contribution in [0.2, 0.25) is 0 Å². The molecule has 0 bridgehead atoms. The Hall–Kier alpha value is -0.260. The number of nitrogens with zero attached hydrogens (tertiary/aromatic N) is 2. The first-order valence-electron chi connectivity index (χ1n) is 12.4. The van der Waals surface area contributed by atoms with E-state index in [-0.39, 0.29) is 10.6 Å². The van der Waals surface area contributed by atoms with E-state index >= 15 is 0 Å². The quantitative estimate of drug-likeness (QED) is 0.232. The third-order valence-electron chi connectivity index (χ3n) is 7.62. The summed E-state index contributed by atoms with van der Waals surface area (Å²) >= 11 is 0. The molecule has 0 spiro atoms. The van der Waals surface area contributed by atoms with Gasteiger partial charge in [-0.1, -0.05) is 71.8 Å². The highest BCUT2D eigenvalue weighted by atomic mass is 31.1. The van der Waals surface area contributed by atoms with Crippen LogP contribution in [-0.2, 0) is 0 Å². The number of likely N-dealkylation sites (N-methyl/N-ethyl adjacent to an activating group) is 2. The number of allylic oxidation sites excluding steroid dienone is 2. The van der Waals surface area contributed by atoms with Gasteiger partial charge in [0.2, 0.25) is 0 Å². The molecule has 2 rings (SSSR count). The zero-order valence-electron chi connectivity index (χ0n) is 21.4. The van der Waals surface area contributed by atoms with Crippen LogP contribution < -0.4 is 0 Å². The molecule has 0 fully saturated rings. The largest absolute Gasteiger partial charge is 0.225 e. The first-order valence-corrected chi connectivity index (χ1v) is 14.2. The fourth-order valence-electron chi connectivity index (χ4n) is 6.04. The molecule has 2 aliphatic heterocycles. The maximum absolute atomic E-state index is 2.67. The van der Waals surface area contributed by atoms with Gasteiger partial charge in [-0.2, -0.15) is 0 Å². The average Bonchev–Trinajstić information content (AvgIpc) is 3.29. The first kappa shape index (κ1) is 26.0. The lowest BCUT2D eigenvalue weighted by Crippen LogP contribution is -2.58. The van der Waals surface area contributed by atoms with Crippen molar-refractivity contribution in [3.05, 3.63) is 22.3 Å². The Morgan fingerprint density at radius 3 is 1.07 bits per heavy atom. The van der Waals surface area contributed by atoms with Gasteiger partial charge in [0, 0.05) is 14.1 Å². The van der Waals surface area contributed by atoms with E-state index in [9.17, 15) is 0 Å². The Labute approximate surface area is 190 Å². The summed E-state index contributed by atoms with van der Waals surface area (Å²) < 4.78 is 0. The van der Waals surface area contributed by atoms with Gasteiger partial charge in [-0.05, 0) is 84.2 Å². The normalized spacial score (nSPS) is 28.1. The van der Waals surface area contributed by atoms with Crippen LogP contribution in [0.25, 0.3) is 0 Å². The highest BCUT2D eigenvalue weighted by molar-refractivity contribution is 7.44. The van der Waals surface area contributed by atoms with Crippen LogP contribution in [0.5, 0.6) is 0 Å². The highest BCUT2D eigenvalue weighted by Crippen LogP contribution is 2.55. The minimum Gasteiger partial charge on any atom is -0.225 e. The molecule has 30 heavy (non-hydrogen) atoms. The standard InChI is InChI=1S/C26H46N2P2/c1-11-19-21(13-3)25(17-7,29-23(19)15-5)27(9)28(10)26(18-8)22(14-4)20(12-2)24(16-6)30-26/h11-18H2,1-10H3. The van der Waals surface area contributed by atoms with E-state index in [2.05, 4.69) is 79.5 Å². The molecule has 170 valence electrons.